The van der Waals surface area contributed by atoms with Crippen LogP contribution in [-0.4, -0.2) is 15.7 Å². The van der Waals surface area contributed by atoms with E-state index in [1.807, 2.05) is 31.2 Å². The number of nitrogens with zero attached hydrogens (tertiary/aromatic N) is 2. The number of nitrogens with two attached hydrogens (primary N) is 1. The molecule has 0 bridgehead atoms. The molecule has 5 nitrogen and oxygen atoms in total. The fourth-order valence-electron chi connectivity index (χ4n) is 1.72. The lowest BCUT2D eigenvalue weighted by Gasteiger charge is -2.15. The van der Waals surface area contributed by atoms with Gasteiger partial charge in [0.1, 0.15) is 6.04 Å². The summed E-state index contributed by atoms with van der Waals surface area (Å²) in [6.45, 7) is 2.01. The molecule has 0 aliphatic heterocycles. The number of benzene rings is 1. The number of primary amides is 1. The van der Waals surface area contributed by atoms with Gasteiger partial charge in [-0.2, -0.15) is 5.10 Å². The van der Waals surface area contributed by atoms with Crippen LogP contribution in [-0.2, 0) is 11.8 Å². The highest BCUT2D eigenvalue weighted by molar-refractivity contribution is 5.84. The highest BCUT2D eigenvalue weighted by Crippen LogP contribution is 2.19. The molecule has 0 saturated carbocycles. The number of aryl methyl sites for hydroxylation is 2. The highest BCUT2D eigenvalue weighted by Gasteiger charge is 2.18. The van der Waals surface area contributed by atoms with Crippen molar-refractivity contribution in [3.05, 3.63) is 47.8 Å². The van der Waals surface area contributed by atoms with Gasteiger partial charge in [-0.3, -0.25) is 9.48 Å². The fourth-order valence-corrected chi connectivity index (χ4v) is 1.72. The van der Waals surface area contributed by atoms with Crippen molar-refractivity contribution in [3.8, 4) is 0 Å². The average molecular weight is 244 g/mol. The van der Waals surface area contributed by atoms with Crippen molar-refractivity contribution in [1.82, 2.24) is 9.78 Å². The number of hydrogen-bond donors (Lipinski definition) is 2. The molecule has 0 radical (unpaired) electrons. The van der Waals surface area contributed by atoms with Crippen LogP contribution in [0.2, 0.25) is 0 Å². The smallest absolute Gasteiger partial charge is 0.244 e. The summed E-state index contributed by atoms with van der Waals surface area (Å²) in [4.78, 5) is 11.5. The first-order chi connectivity index (χ1) is 8.56. The normalized spacial score (nSPS) is 12.1. The first-order valence-corrected chi connectivity index (χ1v) is 5.67. The monoisotopic (exact) mass is 244 g/mol. The minimum Gasteiger partial charge on any atom is -0.370 e. The van der Waals surface area contributed by atoms with Crippen LogP contribution in [0.15, 0.2) is 36.7 Å². The molecule has 0 aliphatic carbocycles. The number of carbonyl (C=O) groups excluding carboxylic acids is 1. The Morgan fingerprint density at radius 1 is 1.39 bits per heavy atom. The zero-order chi connectivity index (χ0) is 13.1. The lowest BCUT2D eigenvalue weighted by molar-refractivity contribution is -0.118. The number of amides is 1. The molecule has 1 aromatic carbocycles. The van der Waals surface area contributed by atoms with E-state index in [0.717, 1.165) is 16.8 Å². The lowest BCUT2D eigenvalue weighted by atomic mass is 10.1. The number of aromatic nitrogens is 2. The highest BCUT2D eigenvalue weighted by atomic mass is 16.1. The summed E-state index contributed by atoms with van der Waals surface area (Å²) in [6, 6.07) is 7.22. The van der Waals surface area contributed by atoms with E-state index in [1.165, 1.54) is 0 Å². The quantitative estimate of drug-likeness (QED) is 0.853. The summed E-state index contributed by atoms with van der Waals surface area (Å²) in [5.41, 5.74) is 8.19. The van der Waals surface area contributed by atoms with Crippen LogP contribution in [0.3, 0.4) is 0 Å². The van der Waals surface area contributed by atoms with Crippen LogP contribution in [0.1, 0.15) is 17.2 Å². The minimum absolute atomic E-state index is 0.427. The Morgan fingerprint density at radius 3 is 2.56 bits per heavy atom. The van der Waals surface area contributed by atoms with E-state index in [1.54, 1.807) is 24.1 Å². The van der Waals surface area contributed by atoms with E-state index in [-0.39, 0.29) is 0 Å². The van der Waals surface area contributed by atoms with E-state index in [0.29, 0.717) is 0 Å². The summed E-state index contributed by atoms with van der Waals surface area (Å²) in [7, 11) is 1.80. The van der Waals surface area contributed by atoms with Gasteiger partial charge in [0, 0.05) is 24.5 Å². The van der Waals surface area contributed by atoms with Crippen LogP contribution in [0.5, 0.6) is 0 Å². The van der Waals surface area contributed by atoms with Crippen molar-refractivity contribution >= 4 is 11.6 Å². The van der Waals surface area contributed by atoms with Gasteiger partial charge in [0.2, 0.25) is 5.91 Å². The van der Waals surface area contributed by atoms with Gasteiger partial charge >= 0.3 is 0 Å². The third-order valence-electron chi connectivity index (χ3n) is 2.71. The Morgan fingerprint density at radius 2 is 2.06 bits per heavy atom. The Labute approximate surface area is 106 Å². The van der Waals surface area contributed by atoms with Crippen LogP contribution in [0.25, 0.3) is 0 Å². The number of carbonyl (C=O) groups is 1. The van der Waals surface area contributed by atoms with Gasteiger partial charge in [0.25, 0.3) is 0 Å². The molecule has 1 aromatic heterocycles. The van der Waals surface area contributed by atoms with Crippen molar-refractivity contribution in [2.75, 3.05) is 5.32 Å². The SMILES string of the molecule is Cc1ccc(NC(C(N)=O)c2cnn(C)c2)cc1. The second kappa shape index (κ2) is 4.91. The molecule has 5 heteroatoms. The molecule has 1 amide bonds. The van der Waals surface area contributed by atoms with E-state index < -0.39 is 11.9 Å². The van der Waals surface area contributed by atoms with Crippen molar-refractivity contribution in [2.24, 2.45) is 12.8 Å². The third-order valence-corrected chi connectivity index (χ3v) is 2.71. The van der Waals surface area contributed by atoms with E-state index in [9.17, 15) is 4.79 Å². The number of nitrogens with one attached hydrogen (secondary N) is 1. The maximum Gasteiger partial charge on any atom is 0.244 e. The largest absolute Gasteiger partial charge is 0.370 e. The van der Waals surface area contributed by atoms with Gasteiger partial charge in [-0.25, -0.2) is 0 Å². The van der Waals surface area contributed by atoms with Crippen LogP contribution in [0, 0.1) is 6.92 Å². The second-order valence-corrected chi connectivity index (χ2v) is 4.29. The fraction of sp³-hybridized carbons (Fsp3) is 0.231. The molecular formula is C13H16N4O. The predicted octanol–water partition coefficient (Wildman–Crippen LogP) is 1.37. The molecule has 0 fully saturated rings. The van der Waals surface area contributed by atoms with Gasteiger partial charge in [0.05, 0.1) is 6.20 Å². The predicted molar refractivity (Wildman–Crippen MR) is 69.9 cm³/mol. The molecule has 0 spiro atoms. The van der Waals surface area contributed by atoms with Crippen LogP contribution >= 0.6 is 0 Å². The molecule has 1 heterocycles. The zero-order valence-corrected chi connectivity index (χ0v) is 10.4. The Bertz CT molecular complexity index is 544. The molecule has 2 rings (SSSR count). The summed E-state index contributed by atoms with van der Waals surface area (Å²) in [6.07, 6.45) is 3.41. The van der Waals surface area contributed by atoms with Crippen molar-refractivity contribution in [2.45, 2.75) is 13.0 Å². The minimum atomic E-state index is -0.568. The Kier molecular flexibility index (Phi) is 3.32. The van der Waals surface area contributed by atoms with Gasteiger partial charge in [-0.1, -0.05) is 17.7 Å². The van der Waals surface area contributed by atoms with Crippen LogP contribution in [0.4, 0.5) is 5.69 Å². The molecule has 0 aliphatic rings. The number of rotatable bonds is 4. The van der Waals surface area contributed by atoms with Gasteiger partial charge < -0.3 is 11.1 Å². The summed E-state index contributed by atoms with van der Waals surface area (Å²) in [5.74, 6) is -0.427. The molecule has 3 N–H and O–H groups in total. The molecule has 1 atom stereocenters. The van der Waals surface area contributed by atoms with Gasteiger partial charge in [-0.05, 0) is 19.1 Å². The van der Waals surface area contributed by atoms with Crippen molar-refractivity contribution in [3.63, 3.8) is 0 Å². The van der Waals surface area contributed by atoms with Crippen molar-refractivity contribution in [1.29, 1.82) is 0 Å². The van der Waals surface area contributed by atoms with E-state index in [4.69, 9.17) is 5.73 Å². The third kappa shape index (κ3) is 2.68. The molecule has 0 saturated heterocycles. The van der Waals surface area contributed by atoms with Gasteiger partial charge in [-0.15, -0.1) is 0 Å². The van der Waals surface area contributed by atoms with E-state index in [2.05, 4.69) is 10.4 Å². The molecule has 94 valence electrons. The average Bonchev–Trinajstić information content (AvgIpc) is 2.74. The topological polar surface area (TPSA) is 72.9 Å². The first-order valence-electron chi connectivity index (χ1n) is 5.67. The lowest BCUT2D eigenvalue weighted by Crippen LogP contribution is -2.27. The summed E-state index contributed by atoms with van der Waals surface area (Å²) < 4.78 is 1.64. The standard InChI is InChI=1S/C13H16N4O/c1-9-3-5-11(6-4-9)16-12(13(14)18)10-7-15-17(2)8-10/h3-8,12,16H,1-2H3,(H2,14,18). The number of hydrogen-bond acceptors (Lipinski definition) is 3. The second-order valence-electron chi connectivity index (χ2n) is 4.29. The first kappa shape index (κ1) is 12.2. The van der Waals surface area contributed by atoms with Crippen LogP contribution < -0.4 is 11.1 Å². The summed E-state index contributed by atoms with van der Waals surface area (Å²) in [5, 5.41) is 7.15. The molecule has 1 unspecified atom stereocenters. The molecular weight excluding hydrogens is 228 g/mol. The Hall–Kier alpha value is -2.30. The van der Waals surface area contributed by atoms with Gasteiger partial charge in [0.15, 0.2) is 0 Å². The van der Waals surface area contributed by atoms with Crippen molar-refractivity contribution < 1.29 is 4.79 Å². The maximum atomic E-state index is 11.5. The maximum absolute atomic E-state index is 11.5. The zero-order valence-electron chi connectivity index (χ0n) is 10.4. The Balaban J connectivity index is 2.22. The summed E-state index contributed by atoms with van der Waals surface area (Å²) >= 11 is 0. The molecule has 2 aromatic rings. The number of anilines is 1. The van der Waals surface area contributed by atoms with E-state index >= 15 is 0 Å². The molecule has 18 heavy (non-hydrogen) atoms.